The molecule has 3 N–H and O–H groups in total. The van der Waals surface area contributed by atoms with Crippen molar-refractivity contribution in [2.45, 2.75) is 65.0 Å². The van der Waals surface area contributed by atoms with Crippen molar-refractivity contribution in [3.8, 4) is 11.3 Å². The number of nitrogens with zero attached hydrogens (tertiary/aromatic N) is 4. The normalized spacial score (nSPS) is 13.1. The van der Waals surface area contributed by atoms with Crippen LogP contribution in [0.3, 0.4) is 0 Å². The third kappa shape index (κ3) is 9.45. The van der Waals surface area contributed by atoms with Gasteiger partial charge in [-0.2, -0.15) is 0 Å². The van der Waals surface area contributed by atoms with Crippen LogP contribution in [0.2, 0.25) is 5.02 Å². The van der Waals surface area contributed by atoms with Gasteiger partial charge in [-0.3, -0.25) is 9.89 Å². The van der Waals surface area contributed by atoms with Gasteiger partial charge in [-0.05, 0) is 81.6 Å². The van der Waals surface area contributed by atoms with Crippen LogP contribution in [0.15, 0.2) is 59.1 Å². The lowest BCUT2D eigenvalue weighted by Gasteiger charge is -2.29. The number of unbranched alkanes of at least 4 members (excludes halogenated alkanes) is 1. The molecule has 0 aliphatic rings. The topological polar surface area (TPSA) is 102 Å². The number of aliphatic imine (C=N–C) groups is 1. The summed E-state index contributed by atoms with van der Waals surface area (Å²) < 4.78 is 0. The highest BCUT2D eigenvalue weighted by atomic mass is 35.5. The van der Waals surface area contributed by atoms with Crippen LogP contribution in [0.4, 0.5) is 0 Å². The van der Waals surface area contributed by atoms with Crippen molar-refractivity contribution >= 4 is 41.1 Å². The van der Waals surface area contributed by atoms with Gasteiger partial charge in [-0.1, -0.05) is 43.6 Å². The first-order chi connectivity index (χ1) is 18.3. The molecule has 2 unspecified atom stereocenters. The second kappa shape index (κ2) is 16.6. The van der Waals surface area contributed by atoms with Crippen molar-refractivity contribution in [2.24, 2.45) is 4.99 Å². The summed E-state index contributed by atoms with van der Waals surface area (Å²) in [5.41, 5.74) is 4.71. The molecule has 0 fully saturated rings. The molecule has 0 aliphatic carbocycles. The predicted molar refractivity (Wildman–Crippen MR) is 160 cm³/mol. The third-order valence-corrected chi connectivity index (χ3v) is 7.22. The second-order valence-corrected chi connectivity index (χ2v) is 10.1. The zero-order valence-corrected chi connectivity index (χ0v) is 24.2. The minimum Gasteiger partial charge on any atom is -0.374 e. The molecule has 0 saturated heterocycles. The average Bonchev–Trinajstić information content (AvgIpc) is 2.93. The SMILES string of the molecule is C=N/C=C\SCC(C)N(C)C(O)c1ccc2nc(-c3ccc(Cl)cc3)c(CCCCC(O)O)nc2c1.CC. The Kier molecular flexibility index (Phi) is 13.9. The summed E-state index contributed by atoms with van der Waals surface area (Å²) in [6, 6.07) is 13.3. The Morgan fingerprint density at radius 3 is 2.42 bits per heavy atom. The number of aliphatic hydroxyl groups excluding tert-OH is 2. The summed E-state index contributed by atoms with van der Waals surface area (Å²) in [5, 5.41) is 31.9. The molecule has 0 radical (unpaired) electrons. The fraction of sp³-hybridized carbons (Fsp3) is 0.414. The van der Waals surface area contributed by atoms with Crippen LogP contribution in [0.1, 0.15) is 57.5 Å². The van der Waals surface area contributed by atoms with E-state index in [9.17, 15) is 5.11 Å². The molecule has 2 atom stereocenters. The summed E-state index contributed by atoms with van der Waals surface area (Å²) in [6.45, 7) is 9.49. The number of aliphatic hydroxyl groups is 3. The summed E-state index contributed by atoms with van der Waals surface area (Å²) in [6.07, 6.45) is 1.91. The maximum Gasteiger partial charge on any atom is 0.151 e. The molecule has 0 saturated carbocycles. The molecule has 3 aromatic rings. The van der Waals surface area contributed by atoms with E-state index in [1.165, 1.54) is 0 Å². The lowest BCUT2D eigenvalue weighted by molar-refractivity contribution is -0.0465. The Hall–Kier alpha value is -2.33. The maximum atomic E-state index is 11.0. The van der Waals surface area contributed by atoms with Crippen molar-refractivity contribution in [3.63, 3.8) is 0 Å². The van der Waals surface area contributed by atoms with E-state index in [0.717, 1.165) is 40.2 Å². The fourth-order valence-corrected chi connectivity index (χ4v) is 4.70. The van der Waals surface area contributed by atoms with E-state index >= 15 is 0 Å². The lowest BCUT2D eigenvalue weighted by Crippen LogP contribution is -2.34. The Labute approximate surface area is 235 Å². The largest absolute Gasteiger partial charge is 0.374 e. The molecule has 206 valence electrons. The van der Waals surface area contributed by atoms with Crippen molar-refractivity contribution in [1.29, 1.82) is 0 Å². The number of hydrogen-bond acceptors (Lipinski definition) is 8. The first-order valence-corrected chi connectivity index (χ1v) is 14.3. The van der Waals surface area contributed by atoms with Gasteiger partial charge in [-0.25, -0.2) is 9.97 Å². The minimum atomic E-state index is -1.31. The van der Waals surface area contributed by atoms with Crippen LogP contribution in [-0.2, 0) is 6.42 Å². The summed E-state index contributed by atoms with van der Waals surface area (Å²) in [4.78, 5) is 15.4. The smallest absolute Gasteiger partial charge is 0.151 e. The fourth-order valence-electron chi connectivity index (χ4n) is 3.78. The Balaban J connectivity index is 0.00000247. The number of halogens is 1. The van der Waals surface area contributed by atoms with Crippen molar-refractivity contribution in [2.75, 3.05) is 12.8 Å². The maximum absolute atomic E-state index is 11.0. The second-order valence-electron chi connectivity index (χ2n) is 8.69. The first-order valence-electron chi connectivity index (χ1n) is 12.8. The third-order valence-electron chi connectivity index (χ3n) is 5.98. The molecule has 1 heterocycles. The molecule has 0 spiro atoms. The average molecular weight is 559 g/mol. The number of aromatic nitrogens is 2. The van der Waals surface area contributed by atoms with Crippen molar-refractivity contribution < 1.29 is 15.3 Å². The number of aryl methyl sites for hydroxylation is 1. The lowest BCUT2D eigenvalue weighted by atomic mass is 10.0. The predicted octanol–water partition coefficient (Wildman–Crippen LogP) is 6.22. The zero-order valence-electron chi connectivity index (χ0n) is 22.6. The Bertz CT molecular complexity index is 1170. The van der Waals surface area contributed by atoms with Crippen molar-refractivity contribution in [1.82, 2.24) is 14.9 Å². The summed E-state index contributed by atoms with van der Waals surface area (Å²) >= 11 is 7.69. The van der Waals surface area contributed by atoms with Crippen LogP contribution in [-0.4, -0.2) is 62.0 Å². The van der Waals surface area contributed by atoms with E-state index in [1.807, 2.05) is 73.7 Å². The molecule has 0 amide bonds. The quantitative estimate of drug-likeness (QED) is 0.130. The number of rotatable bonds is 13. The summed E-state index contributed by atoms with van der Waals surface area (Å²) in [5.74, 6) is 0.796. The molecule has 38 heavy (non-hydrogen) atoms. The molecule has 3 rings (SSSR count). The van der Waals surface area contributed by atoms with Gasteiger partial charge in [0.2, 0.25) is 0 Å². The standard InChI is InChI=1S/C27H33ClN4O3S.C2H6/c1-18(17-36-15-14-29-2)32(3)27(35)20-10-13-22-24(16-20)30-23(6-4-5-7-25(33)34)26(31-22)19-8-11-21(28)12-9-19;1-2/h8-16,18,25,27,33-35H,2,4-7,17H2,1,3H3;1-2H3/b15-14-;. The Morgan fingerprint density at radius 2 is 1.76 bits per heavy atom. The van der Waals surface area contributed by atoms with E-state index in [-0.39, 0.29) is 6.04 Å². The van der Waals surface area contributed by atoms with Gasteiger partial charge in [0.05, 0.1) is 22.4 Å². The van der Waals surface area contributed by atoms with Crippen molar-refractivity contribution in [3.05, 3.63) is 70.4 Å². The monoisotopic (exact) mass is 558 g/mol. The van der Waals surface area contributed by atoms with Crippen LogP contribution in [0, 0.1) is 0 Å². The number of fused-ring (bicyclic) bond motifs is 1. The van der Waals surface area contributed by atoms with Crippen LogP contribution in [0.25, 0.3) is 22.3 Å². The van der Waals surface area contributed by atoms with Gasteiger partial charge in [-0.15, -0.1) is 11.8 Å². The van der Waals surface area contributed by atoms with E-state index in [1.54, 1.807) is 18.0 Å². The number of benzene rings is 2. The summed E-state index contributed by atoms with van der Waals surface area (Å²) in [7, 11) is 1.89. The van der Waals surface area contributed by atoms with Gasteiger partial charge >= 0.3 is 0 Å². The first kappa shape index (κ1) is 31.9. The highest BCUT2D eigenvalue weighted by molar-refractivity contribution is 8.02. The minimum absolute atomic E-state index is 0.117. The highest BCUT2D eigenvalue weighted by Gasteiger charge is 2.20. The van der Waals surface area contributed by atoms with Crippen LogP contribution >= 0.6 is 23.4 Å². The van der Waals surface area contributed by atoms with Gasteiger partial charge in [0.25, 0.3) is 0 Å². The molecule has 0 bridgehead atoms. The number of hydrogen-bond donors (Lipinski definition) is 3. The molecule has 9 heteroatoms. The molecule has 1 aromatic heterocycles. The number of thioether (sulfide) groups is 1. The molecular weight excluding hydrogens is 520 g/mol. The molecule has 2 aromatic carbocycles. The molecule has 0 aliphatic heterocycles. The van der Waals surface area contributed by atoms with Crippen LogP contribution in [0.5, 0.6) is 0 Å². The zero-order chi connectivity index (χ0) is 28.1. The molecular formula is C29H39ClN4O3S. The Morgan fingerprint density at radius 1 is 1.05 bits per heavy atom. The van der Waals surface area contributed by atoms with Gasteiger partial charge in [0, 0.05) is 28.6 Å². The van der Waals surface area contributed by atoms with E-state index in [2.05, 4.69) is 18.6 Å². The van der Waals surface area contributed by atoms with E-state index in [0.29, 0.717) is 29.8 Å². The molecule has 7 nitrogen and oxygen atoms in total. The van der Waals surface area contributed by atoms with E-state index < -0.39 is 12.5 Å². The van der Waals surface area contributed by atoms with Crippen LogP contribution < -0.4 is 0 Å². The van der Waals surface area contributed by atoms with Gasteiger partial charge < -0.3 is 15.3 Å². The van der Waals surface area contributed by atoms with Gasteiger partial charge in [0.1, 0.15) is 6.23 Å². The van der Waals surface area contributed by atoms with E-state index in [4.69, 9.17) is 31.8 Å². The highest BCUT2D eigenvalue weighted by Crippen LogP contribution is 2.28. The van der Waals surface area contributed by atoms with Gasteiger partial charge in [0.15, 0.2) is 6.29 Å².